The topological polar surface area (TPSA) is 38.0 Å². The lowest BCUT2D eigenvalue weighted by molar-refractivity contribution is 0.474. The highest BCUT2D eigenvalue weighted by Gasteiger charge is 2.10. The van der Waals surface area contributed by atoms with Crippen molar-refractivity contribution in [2.24, 2.45) is 5.84 Å². The Labute approximate surface area is 139 Å². The standard InChI is InChI=1S/C18H31BrN2/c1-3-4-5-6-7-8-9-10-11-18(21-20)16-12-15(2)13-17(19)14-16/h12-14,18,21H,3-11,20H2,1-2H3. The van der Waals surface area contributed by atoms with Crippen molar-refractivity contribution in [2.45, 2.75) is 77.7 Å². The predicted octanol–water partition coefficient (Wildman–Crippen LogP) is 5.79. The normalized spacial score (nSPS) is 12.6. The second-order valence-electron chi connectivity index (χ2n) is 6.04. The maximum Gasteiger partial charge on any atom is 0.0460 e. The molecule has 0 amide bonds. The highest BCUT2D eigenvalue weighted by Crippen LogP contribution is 2.24. The van der Waals surface area contributed by atoms with Crippen molar-refractivity contribution in [3.63, 3.8) is 0 Å². The Morgan fingerprint density at radius 2 is 1.62 bits per heavy atom. The van der Waals surface area contributed by atoms with E-state index in [0.29, 0.717) is 0 Å². The van der Waals surface area contributed by atoms with E-state index in [9.17, 15) is 0 Å². The van der Waals surface area contributed by atoms with Gasteiger partial charge >= 0.3 is 0 Å². The van der Waals surface area contributed by atoms with Crippen LogP contribution in [0.15, 0.2) is 22.7 Å². The van der Waals surface area contributed by atoms with Gasteiger partial charge < -0.3 is 0 Å². The summed E-state index contributed by atoms with van der Waals surface area (Å²) in [5.74, 6) is 5.74. The van der Waals surface area contributed by atoms with E-state index in [4.69, 9.17) is 5.84 Å². The molecule has 0 fully saturated rings. The van der Waals surface area contributed by atoms with Gasteiger partial charge in [0.15, 0.2) is 0 Å². The Balaban J connectivity index is 2.25. The van der Waals surface area contributed by atoms with Gasteiger partial charge in [0.1, 0.15) is 0 Å². The van der Waals surface area contributed by atoms with Crippen molar-refractivity contribution in [1.82, 2.24) is 5.43 Å². The van der Waals surface area contributed by atoms with E-state index in [1.165, 1.54) is 62.5 Å². The number of halogens is 1. The van der Waals surface area contributed by atoms with Crippen molar-refractivity contribution in [2.75, 3.05) is 0 Å². The van der Waals surface area contributed by atoms with Gasteiger partial charge in [-0.3, -0.25) is 11.3 Å². The minimum absolute atomic E-state index is 0.265. The quantitative estimate of drug-likeness (QED) is 0.299. The summed E-state index contributed by atoms with van der Waals surface area (Å²) >= 11 is 3.56. The first-order valence-corrected chi connectivity index (χ1v) is 9.20. The first kappa shape index (κ1) is 18.7. The molecule has 1 aromatic rings. The van der Waals surface area contributed by atoms with Crippen LogP contribution in [0.25, 0.3) is 0 Å². The van der Waals surface area contributed by atoms with E-state index in [1.807, 2.05) is 0 Å². The summed E-state index contributed by atoms with van der Waals surface area (Å²) in [5.41, 5.74) is 5.53. The number of rotatable bonds is 11. The third-order valence-corrected chi connectivity index (χ3v) is 4.47. The van der Waals surface area contributed by atoms with E-state index < -0.39 is 0 Å². The Kier molecular flexibility index (Phi) is 9.98. The largest absolute Gasteiger partial charge is 0.271 e. The van der Waals surface area contributed by atoms with Crippen LogP contribution in [0, 0.1) is 6.92 Å². The summed E-state index contributed by atoms with van der Waals surface area (Å²) < 4.78 is 1.13. The third-order valence-electron chi connectivity index (χ3n) is 4.01. The lowest BCUT2D eigenvalue weighted by Crippen LogP contribution is -2.28. The molecule has 0 aliphatic carbocycles. The molecule has 1 unspecified atom stereocenters. The Hall–Kier alpha value is -0.380. The van der Waals surface area contributed by atoms with E-state index in [0.717, 1.165) is 10.9 Å². The van der Waals surface area contributed by atoms with Gasteiger partial charge in [0.25, 0.3) is 0 Å². The first-order chi connectivity index (χ1) is 10.2. The van der Waals surface area contributed by atoms with Gasteiger partial charge in [0.2, 0.25) is 0 Å². The maximum absolute atomic E-state index is 5.74. The summed E-state index contributed by atoms with van der Waals surface area (Å²) in [4.78, 5) is 0. The van der Waals surface area contributed by atoms with Gasteiger partial charge in [-0.05, 0) is 36.6 Å². The molecule has 0 saturated heterocycles. The number of nitrogens with two attached hydrogens (primary N) is 1. The van der Waals surface area contributed by atoms with E-state index in [-0.39, 0.29) is 6.04 Å². The highest BCUT2D eigenvalue weighted by molar-refractivity contribution is 9.10. The van der Waals surface area contributed by atoms with Crippen LogP contribution in [0.4, 0.5) is 0 Å². The summed E-state index contributed by atoms with van der Waals surface area (Å²) in [5, 5.41) is 0. The number of hydrazine groups is 1. The van der Waals surface area contributed by atoms with Crippen LogP contribution in [-0.4, -0.2) is 0 Å². The minimum Gasteiger partial charge on any atom is -0.271 e. The summed E-state index contributed by atoms with van der Waals surface area (Å²) in [6.45, 7) is 4.39. The van der Waals surface area contributed by atoms with Crippen molar-refractivity contribution in [3.05, 3.63) is 33.8 Å². The minimum atomic E-state index is 0.265. The Bertz CT molecular complexity index is 373. The van der Waals surface area contributed by atoms with Crippen LogP contribution in [0.5, 0.6) is 0 Å². The van der Waals surface area contributed by atoms with E-state index >= 15 is 0 Å². The molecule has 21 heavy (non-hydrogen) atoms. The van der Waals surface area contributed by atoms with Crippen LogP contribution >= 0.6 is 15.9 Å². The SMILES string of the molecule is CCCCCCCCCCC(NN)c1cc(C)cc(Br)c1. The van der Waals surface area contributed by atoms with Gasteiger partial charge in [-0.1, -0.05) is 80.3 Å². The molecule has 0 heterocycles. The van der Waals surface area contributed by atoms with Crippen LogP contribution in [-0.2, 0) is 0 Å². The number of aryl methyl sites for hydroxylation is 1. The fourth-order valence-electron chi connectivity index (χ4n) is 2.79. The summed E-state index contributed by atoms with van der Waals surface area (Å²) in [7, 11) is 0. The van der Waals surface area contributed by atoms with Gasteiger partial charge in [0, 0.05) is 10.5 Å². The molecule has 120 valence electrons. The van der Waals surface area contributed by atoms with Crippen molar-refractivity contribution < 1.29 is 0 Å². The Morgan fingerprint density at radius 3 is 2.19 bits per heavy atom. The smallest absolute Gasteiger partial charge is 0.0460 e. The van der Waals surface area contributed by atoms with Crippen molar-refractivity contribution in [3.8, 4) is 0 Å². The molecule has 1 atom stereocenters. The lowest BCUT2D eigenvalue weighted by atomic mass is 9.98. The molecule has 0 radical (unpaired) electrons. The molecule has 0 spiro atoms. The fourth-order valence-corrected chi connectivity index (χ4v) is 3.42. The van der Waals surface area contributed by atoms with Crippen molar-refractivity contribution in [1.29, 1.82) is 0 Å². The average molecular weight is 355 g/mol. The number of hydrogen-bond acceptors (Lipinski definition) is 2. The van der Waals surface area contributed by atoms with Crippen LogP contribution in [0.2, 0.25) is 0 Å². The molecule has 0 aromatic heterocycles. The highest BCUT2D eigenvalue weighted by atomic mass is 79.9. The van der Waals surface area contributed by atoms with Gasteiger partial charge in [-0.25, -0.2) is 0 Å². The van der Waals surface area contributed by atoms with Gasteiger partial charge in [0.05, 0.1) is 0 Å². The molecule has 1 aromatic carbocycles. The van der Waals surface area contributed by atoms with Gasteiger partial charge in [-0.15, -0.1) is 0 Å². The molecule has 2 nitrogen and oxygen atoms in total. The molecule has 0 aliphatic rings. The zero-order valence-corrected chi connectivity index (χ0v) is 15.2. The summed E-state index contributed by atoms with van der Waals surface area (Å²) in [6, 6.07) is 6.79. The second kappa shape index (κ2) is 11.2. The number of benzene rings is 1. The van der Waals surface area contributed by atoms with Crippen LogP contribution in [0.3, 0.4) is 0 Å². The number of nitrogens with one attached hydrogen (secondary N) is 1. The third kappa shape index (κ3) is 7.98. The van der Waals surface area contributed by atoms with Crippen LogP contribution in [0.1, 0.15) is 81.9 Å². The molecule has 1 rings (SSSR count). The molecular formula is C18H31BrN2. The molecule has 3 heteroatoms. The van der Waals surface area contributed by atoms with E-state index in [2.05, 4.69) is 53.4 Å². The lowest BCUT2D eigenvalue weighted by Gasteiger charge is -2.17. The summed E-state index contributed by atoms with van der Waals surface area (Å²) in [6.07, 6.45) is 11.9. The molecule has 0 saturated carbocycles. The zero-order valence-electron chi connectivity index (χ0n) is 13.6. The van der Waals surface area contributed by atoms with Crippen molar-refractivity contribution >= 4 is 15.9 Å². The van der Waals surface area contributed by atoms with Gasteiger partial charge in [-0.2, -0.15) is 0 Å². The molecular weight excluding hydrogens is 324 g/mol. The molecule has 0 aliphatic heterocycles. The second-order valence-corrected chi connectivity index (χ2v) is 6.96. The van der Waals surface area contributed by atoms with E-state index in [1.54, 1.807) is 0 Å². The first-order valence-electron chi connectivity index (χ1n) is 8.40. The monoisotopic (exact) mass is 354 g/mol. The number of hydrogen-bond donors (Lipinski definition) is 2. The maximum atomic E-state index is 5.74. The molecule has 3 N–H and O–H groups in total. The van der Waals surface area contributed by atoms with Crippen LogP contribution < -0.4 is 11.3 Å². The predicted molar refractivity (Wildman–Crippen MR) is 96.2 cm³/mol. The fraction of sp³-hybridized carbons (Fsp3) is 0.667. The molecule has 0 bridgehead atoms. The number of unbranched alkanes of at least 4 members (excludes halogenated alkanes) is 7. The average Bonchev–Trinajstić information content (AvgIpc) is 2.44. The zero-order chi connectivity index (χ0) is 15.5. The Morgan fingerprint density at radius 1 is 1.00 bits per heavy atom.